The summed E-state index contributed by atoms with van der Waals surface area (Å²) in [5.41, 5.74) is 1.22. The van der Waals surface area contributed by atoms with Crippen LogP contribution in [0.2, 0.25) is 0 Å². The smallest absolute Gasteiger partial charge is 0.141 e. The lowest BCUT2D eigenvalue weighted by atomic mass is 9.65. The predicted molar refractivity (Wildman–Crippen MR) is 133 cm³/mol. The first-order valence-electron chi connectivity index (χ1n) is 13.7. The van der Waals surface area contributed by atoms with Crippen LogP contribution in [0, 0.1) is 46.7 Å². The first-order chi connectivity index (χ1) is 15.5. The van der Waals surface area contributed by atoms with Crippen LogP contribution in [0.15, 0.2) is 18.2 Å². The summed E-state index contributed by atoms with van der Waals surface area (Å²) in [6, 6.07) is 7.14. The Labute approximate surface area is 197 Å². The van der Waals surface area contributed by atoms with Gasteiger partial charge < -0.3 is 0 Å². The Morgan fingerprint density at radius 3 is 2.06 bits per heavy atom. The van der Waals surface area contributed by atoms with Crippen LogP contribution in [0.3, 0.4) is 0 Å². The van der Waals surface area contributed by atoms with Gasteiger partial charge in [-0.2, -0.15) is 5.26 Å². The Hall–Kier alpha value is -1.36. The molecule has 0 radical (unpaired) electrons. The van der Waals surface area contributed by atoms with Gasteiger partial charge in [0.15, 0.2) is 0 Å². The normalized spacial score (nSPS) is 28.1. The number of hydrogen-bond acceptors (Lipinski definition) is 1. The van der Waals surface area contributed by atoms with Gasteiger partial charge in [-0.05, 0) is 91.7 Å². The molecule has 0 aliphatic heterocycles. The summed E-state index contributed by atoms with van der Waals surface area (Å²) in [4.78, 5) is 0. The molecular formula is C30H46FN. The second-order valence-corrected chi connectivity index (χ2v) is 11.2. The number of hydrogen-bond donors (Lipinski definition) is 0. The highest BCUT2D eigenvalue weighted by Gasteiger charge is 2.33. The third-order valence-corrected chi connectivity index (χ3v) is 9.26. The summed E-state index contributed by atoms with van der Waals surface area (Å²) in [5.74, 6) is 4.35. The molecule has 2 aliphatic rings. The van der Waals surface area contributed by atoms with Crippen molar-refractivity contribution in [2.75, 3.05) is 0 Å². The monoisotopic (exact) mass is 439 g/mol. The van der Waals surface area contributed by atoms with Crippen LogP contribution in [0.4, 0.5) is 4.39 Å². The maximum absolute atomic E-state index is 14.1. The van der Waals surface area contributed by atoms with Gasteiger partial charge >= 0.3 is 0 Å². The Morgan fingerprint density at radius 1 is 0.875 bits per heavy atom. The van der Waals surface area contributed by atoms with Crippen LogP contribution >= 0.6 is 0 Å². The van der Waals surface area contributed by atoms with Crippen molar-refractivity contribution in [3.8, 4) is 6.07 Å². The molecule has 0 heterocycles. The van der Waals surface area contributed by atoms with Gasteiger partial charge in [0.05, 0.1) is 5.56 Å². The van der Waals surface area contributed by atoms with Crippen LogP contribution in [0.1, 0.15) is 128 Å². The van der Waals surface area contributed by atoms with Crippen molar-refractivity contribution in [3.63, 3.8) is 0 Å². The minimum atomic E-state index is -0.365. The SMILES string of the molecule is CCCCCCCC1CCC(C(C)C2CCC(C(C)c3ccc(C#N)c(F)c3)CC2)CC1. The van der Waals surface area contributed by atoms with Gasteiger partial charge in [0.2, 0.25) is 0 Å². The molecule has 1 nitrogen and oxygen atoms in total. The van der Waals surface area contributed by atoms with E-state index in [0.29, 0.717) is 11.8 Å². The van der Waals surface area contributed by atoms with E-state index < -0.39 is 0 Å². The van der Waals surface area contributed by atoms with Crippen LogP contribution in [-0.2, 0) is 0 Å². The van der Waals surface area contributed by atoms with E-state index in [1.165, 1.54) is 89.9 Å². The summed E-state index contributed by atoms with van der Waals surface area (Å²) in [5, 5.41) is 8.98. The lowest BCUT2D eigenvalue weighted by molar-refractivity contribution is 0.118. The predicted octanol–water partition coefficient (Wildman–Crippen LogP) is 9.41. The minimum Gasteiger partial charge on any atom is -0.206 e. The van der Waals surface area contributed by atoms with Gasteiger partial charge in [0.1, 0.15) is 11.9 Å². The molecule has 1 aromatic rings. The number of rotatable bonds is 10. The Kier molecular flexibility index (Phi) is 10.1. The fourth-order valence-electron chi connectivity index (χ4n) is 6.77. The fraction of sp³-hybridized carbons (Fsp3) is 0.767. The average molecular weight is 440 g/mol. The number of nitriles is 1. The number of benzene rings is 1. The summed E-state index contributed by atoms with van der Waals surface area (Å²) in [7, 11) is 0. The van der Waals surface area contributed by atoms with Gasteiger partial charge in [-0.3, -0.25) is 0 Å². The van der Waals surface area contributed by atoms with E-state index in [-0.39, 0.29) is 11.4 Å². The lowest BCUT2D eigenvalue weighted by Gasteiger charge is -2.40. The van der Waals surface area contributed by atoms with Crippen molar-refractivity contribution < 1.29 is 4.39 Å². The van der Waals surface area contributed by atoms with Crippen LogP contribution in [-0.4, -0.2) is 0 Å². The Bertz CT molecular complexity index is 719. The molecule has 0 spiro atoms. The molecule has 32 heavy (non-hydrogen) atoms. The van der Waals surface area contributed by atoms with Crippen molar-refractivity contribution >= 4 is 0 Å². The summed E-state index contributed by atoms with van der Waals surface area (Å²) in [6.07, 6.45) is 19.6. The lowest BCUT2D eigenvalue weighted by Crippen LogP contribution is -2.29. The van der Waals surface area contributed by atoms with E-state index in [2.05, 4.69) is 20.8 Å². The van der Waals surface area contributed by atoms with Crippen molar-refractivity contribution in [3.05, 3.63) is 35.1 Å². The highest BCUT2D eigenvalue weighted by molar-refractivity contribution is 5.34. The van der Waals surface area contributed by atoms with E-state index in [0.717, 1.165) is 29.2 Å². The van der Waals surface area contributed by atoms with Crippen LogP contribution in [0.5, 0.6) is 0 Å². The Balaban J connectivity index is 1.39. The van der Waals surface area contributed by atoms with Crippen molar-refractivity contribution in [1.29, 1.82) is 5.26 Å². The average Bonchev–Trinajstić information content (AvgIpc) is 2.83. The number of nitrogens with zero attached hydrogens (tertiary/aromatic N) is 1. The second-order valence-electron chi connectivity index (χ2n) is 11.2. The van der Waals surface area contributed by atoms with Gasteiger partial charge in [-0.15, -0.1) is 0 Å². The first kappa shape index (κ1) is 25.3. The van der Waals surface area contributed by atoms with E-state index in [9.17, 15) is 4.39 Å². The maximum Gasteiger partial charge on any atom is 0.141 e. The molecule has 0 aromatic heterocycles. The summed E-state index contributed by atoms with van der Waals surface area (Å²) >= 11 is 0. The van der Waals surface area contributed by atoms with Gasteiger partial charge in [0.25, 0.3) is 0 Å². The van der Waals surface area contributed by atoms with Gasteiger partial charge in [0, 0.05) is 0 Å². The molecule has 2 unspecified atom stereocenters. The highest BCUT2D eigenvalue weighted by atomic mass is 19.1. The molecule has 2 atom stereocenters. The van der Waals surface area contributed by atoms with Crippen molar-refractivity contribution in [2.45, 2.75) is 117 Å². The van der Waals surface area contributed by atoms with Crippen molar-refractivity contribution in [1.82, 2.24) is 0 Å². The fourth-order valence-corrected chi connectivity index (χ4v) is 6.77. The molecule has 0 amide bonds. The van der Waals surface area contributed by atoms with E-state index in [1.807, 2.05) is 12.1 Å². The third kappa shape index (κ3) is 6.82. The zero-order valence-electron chi connectivity index (χ0n) is 20.9. The van der Waals surface area contributed by atoms with Gasteiger partial charge in [-0.1, -0.05) is 78.2 Å². The van der Waals surface area contributed by atoms with Gasteiger partial charge in [-0.25, -0.2) is 4.39 Å². The molecule has 3 rings (SSSR count). The molecule has 0 N–H and O–H groups in total. The van der Waals surface area contributed by atoms with E-state index in [1.54, 1.807) is 12.1 Å². The molecule has 178 valence electrons. The van der Waals surface area contributed by atoms with Crippen LogP contribution in [0.25, 0.3) is 0 Å². The van der Waals surface area contributed by atoms with Crippen LogP contribution < -0.4 is 0 Å². The zero-order chi connectivity index (χ0) is 22.9. The number of halogens is 1. The molecule has 2 saturated carbocycles. The molecular weight excluding hydrogens is 393 g/mol. The molecule has 0 bridgehead atoms. The summed E-state index contributed by atoms with van der Waals surface area (Å²) < 4.78 is 14.1. The first-order valence-corrected chi connectivity index (χ1v) is 13.7. The molecule has 1 aromatic carbocycles. The molecule has 2 heteroatoms. The highest BCUT2D eigenvalue weighted by Crippen LogP contribution is 2.45. The minimum absolute atomic E-state index is 0.157. The zero-order valence-corrected chi connectivity index (χ0v) is 20.9. The third-order valence-electron chi connectivity index (χ3n) is 9.26. The Morgan fingerprint density at radius 2 is 1.47 bits per heavy atom. The number of unbranched alkanes of at least 4 members (excludes halogenated alkanes) is 4. The molecule has 0 saturated heterocycles. The van der Waals surface area contributed by atoms with E-state index in [4.69, 9.17) is 5.26 Å². The standard InChI is InChI=1S/C30H46FN/c1-4-5-6-7-8-9-24-10-12-25(13-11-24)22(2)26-14-16-27(17-15-26)23(3)28-18-19-29(21-32)30(31)20-28/h18-20,22-27H,4-17H2,1-3H3. The second kappa shape index (κ2) is 12.8. The van der Waals surface area contributed by atoms with E-state index >= 15 is 0 Å². The summed E-state index contributed by atoms with van der Waals surface area (Å²) in [6.45, 7) is 7.09. The quantitative estimate of drug-likeness (QED) is 0.333. The largest absolute Gasteiger partial charge is 0.206 e. The molecule has 2 aliphatic carbocycles. The maximum atomic E-state index is 14.1. The van der Waals surface area contributed by atoms with Crippen molar-refractivity contribution in [2.24, 2.45) is 29.6 Å². The topological polar surface area (TPSA) is 23.8 Å². The molecule has 2 fully saturated rings.